The van der Waals surface area contributed by atoms with Crippen LogP contribution in [0, 0.1) is 27.3 Å². The van der Waals surface area contributed by atoms with Gasteiger partial charge in [-0.05, 0) is 29.0 Å². The molecule has 0 unspecified atom stereocenters. The first-order chi connectivity index (χ1) is 14.5. The highest BCUT2D eigenvalue weighted by molar-refractivity contribution is 7.11. The molecule has 1 heterocycles. The molecule has 4 rings (SSSR count). The second-order valence-electron chi connectivity index (χ2n) is 6.33. The second-order valence-corrected chi connectivity index (χ2v) is 7.19. The molecule has 1 aromatic heterocycles. The third-order valence-corrected chi connectivity index (χ3v) is 5.30. The number of aromatic nitrogens is 1. The molecular weight excluding hydrogens is 403 g/mol. The maximum Gasteiger partial charge on any atom is 0.295 e. The Balaban J connectivity index is 1.63. The van der Waals surface area contributed by atoms with Gasteiger partial charge in [-0.2, -0.15) is 5.26 Å². The lowest BCUT2D eigenvalue weighted by molar-refractivity contribution is -0.384. The summed E-state index contributed by atoms with van der Waals surface area (Å²) in [6, 6.07) is 19.2. The molecule has 0 aliphatic carbocycles. The quantitative estimate of drug-likeness (QED) is 0.245. The van der Waals surface area contributed by atoms with E-state index in [4.69, 9.17) is 0 Å². The zero-order chi connectivity index (χ0) is 21.1. The van der Waals surface area contributed by atoms with Crippen LogP contribution in [0.3, 0.4) is 0 Å². The SMILES string of the molecule is N#CC(=CNc1ccc(F)cc1[N+](=O)[O-])c1nc(-c2ccc3ccccc3c2)cs1. The van der Waals surface area contributed by atoms with E-state index in [1.165, 1.54) is 23.6 Å². The van der Waals surface area contributed by atoms with Gasteiger partial charge in [-0.25, -0.2) is 9.37 Å². The summed E-state index contributed by atoms with van der Waals surface area (Å²) >= 11 is 1.29. The number of hydrogen-bond donors (Lipinski definition) is 1. The molecule has 0 atom stereocenters. The first-order valence-corrected chi connectivity index (χ1v) is 9.69. The number of nitrogens with one attached hydrogen (secondary N) is 1. The van der Waals surface area contributed by atoms with Crippen molar-refractivity contribution in [1.29, 1.82) is 5.26 Å². The molecule has 0 bridgehead atoms. The zero-order valence-electron chi connectivity index (χ0n) is 15.4. The fourth-order valence-electron chi connectivity index (χ4n) is 2.95. The lowest BCUT2D eigenvalue weighted by Crippen LogP contribution is -1.97. The van der Waals surface area contributed by atoms with Crippen LogP contribution in [0.4, 0.5) is 15.8 Å². The van der Waals surface area contributed by atoms with E-state index in [9.17, 15) is 19.8 Å². The summed E-state index contributed by atoms with van der Waals surface area (Å²) in [7, 11) is 0. The lowest BCUT2D eigenvalue weighted by Gasteiger charge is -2.03. The van der Waals surface area contributed by atoms with E-state index in [2.05, 4.69) is 10.3 Å². The van der Waals surface area contributed by atoms with Crippen molar-refractivity contribution in [3.8, 4) is 17.3 Å². The fraction of sp³-hybridized carbons (Fsp3) is 0. The number of thiazole rings is 1. The summed E-state index contributed by atoms with van der Waals surface area (Å²) in [5.74, 6) is -0.711. The standard InChI is InChI=1S/C22H13FN4O2S/c23-18-7-8-19(21(10-18)27(28)29)25-12-17(11-24)22-26-20(13-30-22)16-6-5-14-3-1-2-4-15(14)9-16/h1-10,12-13,25H. The van der Waals surface area contributed by atoms with Crippen LogP contribution < -0.4 is 5.32 Å². The van der Waals surface area contributed by atoms with E-state index in [1.807, 2.05) is 53.9 Å². The van der Waals surface area contributed by atoms with Crippen LogP contribution in [0.1, 0.15) is 5.01 Å². The topological polar surface area (TPSA) is 91.8 Å². The molecule has 0 saturated carbocycles. The monoisotopic (exact) mass is 416 g/mol. The smallest absolute Gasteiger partial charge is 0.295 e. The Morgan fingerprint density at radius 2 is 1.97 bits per heavy atom. The minimum Gasteiger partial charge on any atom is -0.355 e. The Kier molecular flexibility index (Phi) is 5.20. The molecule has 30 heavy (non-hydrogen) atoms. The van der Waals surface area contributed by atoms with E-state index in [-0.39, 0.29) is 11.3 Å². The Labute approximate surface area is 174 Å². The molecule has 0 aliphatic rings. The molecular formula is C22H13FN4O2S. The van der Waals surface area contributed by atoms with Crippen molar-refractivity contribution in [2.24, 2.45) is 0 Å². The Hall–Kier alpha value is -4.09. The number of nitrogens with zero attached hydrogens (tertiary/aromatic N) is 3. The highest BCUT2D eigenvalue weighted by Crippen LogP contribution is 2.29. The second kappa shape index (κ2) is 8.11. The lowest BCUT2D eigenvalue weighted by atomic mass is 10.1. The van der Waals surface area contributed by atoms with Crippen LogP contribution in [0.2, 0.25) is 0 Å². The maximum absolute atomic E-state index is 13.3. The number of allylic oxidation sites excluding steroid dienone is 1. The third-order valence-electron chi connectivity index (χ3n) is 4.43. The predicted molar refractivity (Wildman–Crippen MR) is 115 cm³/mol. The van der Waals surface area contributed by atoms with Crippen LogP contribution >= 0.6 is 11.3 Å². The maximum atomic E-state index is 13.3. The van der Waals surface area contributed by atoms with Crippen LogP contribution in [0.25, 0.3) is 27.6 Å². The van der Waals surface area contributed by atoms with Gasteiger partial charge in [-0.3, -0.25) is 10.1 Å². The minimum absolute atomic E-state index is 0.0838. The highest BCUT2D eigenvalue weighted by atomic mass is 32.1. The Morgan fingerprint density at radius 1 is 1.17 bits per heavy atom. The van der Waals surface area contributed by atoms with E-state index in [0.717, 1.165) is 34.2 Å². The van der Waals surface area contributed by atoms with Gasteiger partial charge in [0.2, 0.25) is 0 Å². The van der Waals surface area contributed by atoms with Gasteiger partial charge in [0, 0.05) is 17.1 Å². The molecule has 0 fully saturated rings. The number of nitriles is 1. The van der Waals surface area contributed by atoms with E-state index < -0.39 is 16.4 Å². The van der Waals surface area contributed by atoms with Gasteiger partial charge in [-0.1, -0.05) is 36.4 Å². The zero-order valence-corrected chi connectivity index (χ0v) is 16.2. The Bertz CT molecular complexity index is 1340. The number of benzene rings is 3. The van der Waals surface area contributed by atoms with Gasteiger partial charge in [0.15, 0.2) is 0 Å². The van der Waals surface area contributed by atoms with Crippen LogP contribution in [-0.4, -0.2) is 9.91 Å². The molecule has 146 valence electrons. The Morgan fingerprint density at radius 3 is 2.73 bits per heavy atom. The average molecular weight is 416 g/mol. The van der Waals surface area contributed by atoms with E-state index >= 15 is 0 Å². The number of anilines is 1. The predicted octanol–water partition coefficient (Wildman–Crippen LogP) is 5.99. The summed E-state index contributed by atoms with van der Waals surface area (Å²) in [5.41, 5.74) is 1.54. The van der Waals surface area contributed by atoms with Gasteiger partial charge < -0.3 is 5.32 Å². The van der Waals surface area contributed by atoms with E-state index in [0.29, 0.717) is 5.01 Å². The molecule has 0 aliphatic heterocycles. The average Bonchev–Trinajstić information content (AvgIpc) is 3.24. The molecule has 3 aromatic carbocycles. The summed E-state index contributed by atoms with van der Waals surface area (Å²) in [6.45, 7) is 0. The van der Waals surface area contributed by atoms with Gasteiger partial charge in [0.1, 0.15) is 28.2 Å². The first-order valence-electron chi connectivity index (χ1n) is 8.81. The molecule has 0 spiro atoms. The number of hydrogen-bond acceptors (Lipinski definition) is 6. The molecule has 4 aromatic rings. The van der Waals surface area contributed by atoms with Crippen LogP contribution in [0.5, 0.6) is 0 Å². The molecule has 0 radical (unpaired) electrons. The largest absolute Gasteiger partial charge is 0.355 e. The number of nitro benzene ring substituents is 1. The number of rotatable bonds is 5. The molecule has 0 amide bonds. The van der Waals surface area contributed by atoms with Gasteiger partial charge in [0.25, 0.3) is 5.69 Å². The van der Waals surface area contributed by atoms with Crippen molar-refractivity contribution in [3.63, 3.8) is 0 Å². The van der Waals surface area contributed by atoms with Crippen molar-refractivity contribution >= 4 is 39.1 Å². The van der Waals surface area contributed by atoms with Crippen molar-refractivity contribution in [2.75, 3.05) is 5.32 Å². The van der Waals surface area contributed by atoms with Crippen molar-refractivity contribution < 1.29 is 9.31 Å². The van der Waals surface area contributed by atoms with Gasteiger partial charge in [0.05, 0.1) is 16.7 Å². The minimum atomic E-state index is -0.711. The third kappa shape index (κ3) is 3.87. The van der Waals surface area contributed by atoms with Crippen LogP contribution in [0.15, 0.2) is 72.2 Å². The fourth-order valence-corrected chi connectivity index (χ4v) is 3.74. The summed E-state index contributed by atoms with van der Waals surface area (Å²) < 4.78 is 13.3. The summed E-state index contributed by atoms with van der Waals surface area (Å²) in [6.07, 6.45) is 1.34. The van der Waals surface area contributed by atoms with E-state index in [1.54, 1.807) is 0 Å². The highest BCUT2D eigenvalue weighted by Gasteiger charge is 2.15. The van der Waals surface area contributed by atoms with Crippen LogP contribution in [-0.2, 0) is 0 Å². The first kappa shape index (κ1) is 19.2. The van der Waals surface area contributed by atoms with Crippen molar-refractivity contribution in [3.05, 3.63) is 93.2 Å². The van der Waals surface area contributed by atoms with Gasteiger partial charge in [-0.15, -0.1) is 11.3 Å². The number of fused-ring (bicyclic) bond motifs is 1. The van der Waals surface area contributed by atoms with Crippen molar-refractivity contribution in [1.82, 2.24) is 4.98 Å². The molecule has 6 nitrogen and oxygen atoms in total. The van der Waals surface area contributed by atoms with Crippen molar-refractivity contribution in [2.45, 2.75) is 0 Å². The molecule has 8 heteroatoms. The normalized spacial score (nSPS) is 11.3. The summed E-state index contributed by atoms with van der Waals surface area (Å²) in [4.78, 5) is 15.0. The number of halogens is 1. The molecule has 1 N–H and O–H groups in total. The molecule has 0 saturated heterocycles. The summed E-state index contributed by atoms with van der Waals surface area (Å²) in [5, 5.41) is 27.9. The van der Waals surface area contributed by atoms with Gasteiger partial charge >= 0.3 is 0 Å². The number of nitro groups is 1.